The second-order valence-corrected chi connectivity index (χ2v) is 12.8. The molecular formula is C37H47N3O5. The molecule has 2 aromatic carbocycles. The van der Waals surface area contributed by atoms with E-state index >= 15 is 0 Å². The van der Waals surface area contributed by atoms with E-state index in [1.54, 1.807) is 26.9 Å². The summed E-state index contributed by atoms with van der Waals surface area (Å²) in [5, 5.41) is 9.55. The van der Waals surface area contributed by atoms with Crippen LogP contribution in [0.25, 0.3) is 0 Å². The minimum absolute atomic E-state index is 0.00710. The van der Waals surface area contributed by atoms with Crippen LogP contribution < -0.4 is 4.90 Å². The third-order valence-corrected chi connectivity index (χ3v) is 10.1. The largest absolute Gasteiger partial charge is 0.396 e. The van der Waals surface area contributed by atoms with Crippen molar-refractivity contribution < 1.29 is 24.2 Å². The quantitative estimate of drug-likeness (QED) is 0.240. The Morgan fingerprint density at radius 3 is 2.44 bits per heavy atom. The Labute approximate surface area is 267 Å². The molecule has 0 radical (unpaired) electrons. The monoisotopic (exact) mass is 613 g/mol. The standard InChI is InChI=1S/C37H47N3O5/c1-6-20-38(25-28-14-10-9-11-15-28)33(42)30-31-34(43)40(22-12-13-23-41)32(37(31)19-18-36(30,8-3)45-37)35(44)39(21-7-2)29-24-26(4)16-17-27(29)5/h6-7,9-11,14-17,24,30-32,41H,1-2,8,12-13,18-23,25H2,3-5H3/t30-,31-,32?,36+,37?/m0/s1. The molecule has 2 unspecified atom stereocenters. The highest BCUT2D eigenvalue weighted by atomic mass is 16.5. The van der Waals surface area contributed by atoms with Crippen LogP contribution in [-0.4, -0.2) is 76.1 Å². The van der Waals surface area contributed by atoms with Crippen molar-refractivity contribution >= 4 is 23.4 Å². The van der Waals surface area contributed by atoms with Gasteiger partial charge in [-0.25, -0.2) is 0 Å². The number of carbonyl (C=O) groups is 3. The number of anilines is 1. The number of hydrogen-bond donors (Lipinski definition) is 1. The minimum Gasteiger partial charge on any atom is -0.396 e. The van der Waals surface area contributed by atoms with Gasteiger partial charge >= 0.3 is 0 Å². The van der Waals surface area contributed by atoms with Crippen molar-refractivity contribution in [2.24, 2.45) is 11.8 Å². The van der Waals surface area contributed by atoms with Gasteiger partial charge in [0.2, 0.25) is 11.8 Å². The molecule has 3 heterocycles. The summed E-state index contributed by atoms with van der Waals surface area (Å²) in [6.07, 6.45) is 6.12. The van der Waals surface area contributed by atoms with Gasteiger partial charge < -0.3 is 24.5 Å². The topological polar surface area (TPSA) is 90.4 Å². The maximum absolute atomic E-state index is 14.9. The number of nitrogens with zero attached hydrogens (tertiary/aromatic N) is 3. The molecule has 45 heavy (non-hydrogen) atoms. The van der Waals surface area contributed by atoms with Crippen LogP contribution in [0.1, 0.15) is 55.7 Å². The summed E-state index contributed by atoms with van der Waals surface area (Å²) in [6.45, 7) is 15.1. The van der Waals surface area contributed by atoms with E-state index in [2.05, 4.69) is 13.2 Å². The average Bonchev–Trinajstić information content (AvgIpc) is 3.64. The number of ether oxygens (including phenoxy) is 1. The number of carbonyl (C=O) groups excluding carboxylic acids is 3. The van der Waals surface area contributed by atoms with Gasteiger partial charge in [-0.2, -0.15) is 0 Å². The first kappa shape index (κ1) is 32.6. The Morgan fingerprint density at radius 2 is 1.78 bits per heavy atom. The summed E-state index contributed by atoms with van der Waals surface area (Å²) in [5.74, 6) is -2.08. The first-order valence-electron chi connectivity index (χ1n) is 16.2. The highest BCUT2D eigenvalue weighted by Crippen LogP contribution is 2.64. The van der Waals surface area contributed by atoms with E-state index in [4.69, 9.17) is 4.74 Å². The van der Waals surface area contributed by atoms with Crippen LogP contribution in [0.2, 0.25) is 0 Å². The van der Waals surface area contributed by atoms with Gasteiger partial charge in [0.25, 0.3) is 5.91 Å². The Balaban J connectivity index is 1.59. The number of aliphatic hydroxyl groups excluding tert-OH is 1. The SMILES string of the molecule is C=CCN(Cc1ccccc1)C(=O)[C@@H]1[C@H]2C(=O)N(CCCCO)C(C(=O)N(CC=C)c3cc(C)ccc3C)C23CC[C@@]1(CC)O3. The van der Waals surface area contributed by atoms with Crippen LogP contribution in [0.3, 0.4) is 0 Å². The molecule has 0 aromatic heterocycles. The molecule has 1 N–H and O–H groups in total. The van der Waals surface area contributed by atoms with E-state index in [1.807, 2.05) is 69.3 Å². The van der Waals surface area contributed by atoms with Crippen molar-refractivity contribution in [1.82, 2.24) is 9.80 Å². The van der Waals surface area contributed by atoms with Crippen molar-refractivity contribution in [3.8, 4) is 0 Å². The van der Waals surface area contributed by atoms with Gasteiger partial charge in [-0.05, 0) is 68.7 Å². The lowest BCUT2D eigenvalue weighted by molar-refractivity contribution is -0.151. The van der Waals surface area contributed by atoms with Crippen molar-refractivity contribution in [3.63, 3.8) is 0 Å². The predicted molar refractivity (Wildman–Crippen MR) is 175 cm³/mol. The van der Waals surface area contributed by atoms with Crippen LogP contribution in [0.15, 0.2) is 73.8 Å². The van der Waals surface area contributed by atoms with Gasteiger partial charge in [0.1, 0.15) is 11.6 Å². The fourth-order valence-corrected chi connectivity index (χ4v) is 7.99. The molecule has 3 aliphatic rings. The summed E-state index contributed by atoms with van der Waals surface area (Å²) in [7, 11) is 0. The van der Waals surface area contributed by atoms with Gasteiger partial charge in [-0.15, -0.1) is 13.2 Å². The molecule has 3 aliphatic heterocycles. The number of rotatable bonds is 14. The molecule has 0 aliphatic carbocycles. The van der Waals surface area contributed by atoms with E-state index in [0.29, 0.717) is 51.7 Å². The van der Waals surface area contributed by atoms with Crippen molar-refractivity contribution in [2.45, 2.75) is 76.7 Å². The third kappa shape index (κ3) is 5.63. The van der Waals surface area contributed by atoms with Crippen LogP contribution in [-0.2, 0) is 25.7 Å². The van der Waals surface area contributed by atoms with Crippen molar-refractivity contribution in [2.75, 3.05) is 31.1 Å². The molecule has 8 nitrogen and oxygen atoms in total. The van der Waals surface area contributed by atoms with Crippen molar-refractivity contribution in [1.29, 1.82) is 0 Å². The summed E-state index contributed by atoms with van der Waals surface area (Å²) in [6, 6.07) is 14.9. The zero-order chi connectivity index (χ0) is 32.4. The number of likely N-dealkylation sites (tertiary alicyclic amines) is 1. The lowest BCUT2D eigenvalue weighted by atomic mass is 9.64. The molecule has 2 bridgehead atoms. The van der Waals surface area contributed by atoms with Crippen LogP contribution >= 0.6 is 0 Å². The molecule has 5 rings (SSSR count). The molecule has 3 amide bonds. The summed E-state index contributed by atoms with van der Waals surface area (Å²) >= 11 is 0. The minimum atomic E-state index is -1.13. The molecule has 5 atom stereocenters. The molecule has 3 saturated heterocycles. The fourth-order valence-electron chi connectivity index (χ4n) is 7.99. The number of benzene rings is 2. The number of amides is 3. The number of unbranched alkanes of at least 4 members (excludes halogenated alkanes) is 1. The highest BCUT2D eigenvalue weighted by molar-refractivity contribution is 6.05. The number of fused-ring (bicyclic) bond motifs is 1. The molecular weight excluding hydrogens is 566 g/mol. The zero-order valence-corrected chi connectivity index (χ0v) is 26.9. The van der Waals surface area contributed by atoms with Gasteiger partial charge in [0, 0.05) is 38.5 Å². The predicted octanol–water partition coefficient (Wildman–Crippen LogP) is 4.96. The highest BCUT2D eigenvalue weighted by Gasteiger charge is 2.79. The number of aryl methyl sites for hydroxylation is 2. The Morgan fingerprint density at radius 1 is 1.04 bits per heavy atom. The molecule has 2 aromatic rings. The van der Waals surface area contributed by atoms with E-state index in [1.165, 1.54) is 0 Å². The normalized spacial score (nSPS) is 26.5. The third-order valence-electron chi connectivity index (χ3n) is 10.1. The zero-order valence-electron chi connectivity index (χ0n) is 26.9. The van der Waals surface area contributed by atoms with Gasteiger partial charge in [0.05, 0.1) is 17.4 Å². The summed E-state index contributed by atoms with van der Waals surface area (Å²) < 4.78 is 7.03. The molecule has 240 valence electrons. The van der Waals surface area contributed by atoms with E-state index in [-0.39, 0.29) is 30.9 Å². The first-order valence-corrected chi connectivity index (χ1v) is 16.2. The van der Waals surface area contributed by atoms with Crippen molar-refractivity contribution in [3.05, 3.63) is 90.5 Å². The second-order valence-electron chi connectivity index (χ2n) is 12.8. The Bertz CT molecular complexity index is 1440. The molecule has 8 heteroatoms. The fraction of sp³-hybridized carbons (Fsp3) is 0.486. The van der Waals surface area contributed by atoms with Crippen LogP contribution in [0.4, 0.5) is 5.69 Å². The maximum atomic E-state index is 14.9. The summed E-state index contributed by atoms with van der Waals surface area (Å²) in [4.78, 5) is 49.3. The lowest BCUT2D eigenvalue weighted by Crippen LogP contribution is -2.56. The van der Waals surface area contributed by atoms with E-state index < -0.39 is 29.1 Å². The molecule has 0 saturated carbocycles. The van der Waals surface area contributed by atoms with E-state index in [0.717, 1.165) is 22.4 Å². The van der Waals surface area contributed by atoms with Gasteiger partial charge in [0.15, 0.2) is 0 Å². The lowest BCUT2D eigenvalue weighted by Gasteiger charge is -2.37. The second kappa shape index (κ2) is 13.3. The van der Waals surface area contributed by atoms with Gasteiger partial charge in [-0.3, -0.25) is 14.4 Å². The Kier molecular flexibility index (Phi) is 9.65. The molecule has 3 fully saturated rings. The maximum Gasteiger partial charge on any atom is 0.253 e. The summed E-state index contributed by atoms with van der Waals surface area (Å²) in [5.41, 5.74) is 1.75. The van der Waals surface area contributed by atoms with Gasteiger partial charge in [-0.1, -0.05) is 61.5 Å². The molecule has 1 spiro atoms. The van der Waals surface area contributed by atoms with E-state index in [9.17, 15) is 19.5 Å². The number of aliphatic hydroxyl groups is 1. The van der Waals surface area contributed by atoms with Crippen LogP contribution in [0, 0.1) is 25.7 Å². The Hall–Kier alpha value is -3.75. The number of hydrogen-bond acceptors (Lipinski definition) is 5. The smallest absolute Gasteiger partial charge is 0.253 e. The average molecular weight is 614 g/mol. The van der Waals surface area contributed by atoms with Crippen LogP contribution in [0.5, 0.6) is 0 Å². The first-order chi connectivity index (χ1) is 21.7.